The number of fused-ring (bicyclic) bond motifs is 1. The Morgan fingerprint density at radius 3 is 3.00 bits per heavy atom. The summed E-state index contributed by atoms with van der Waals surface area (Å²) in [5, 5.41) is 0.993. The van der Waals surface area contributed by atoms with Crippen LogP contribution in [0.5, 0.6) is 0 Å². The summed E-state index contributed by atoms with van der Waals surface area (Å²) in [6.45, 7) is 0. The number of carbonyl (C=O) groups excluding carboxylic acids is 1. The lowest BCUT2D eigenvalue weighted by Crippen LogP contribution is -1.90. The fourth-order valence-electron chi connectivity index (χ4n) is 1.86. The number of ketones is 1. The van der Waals surface area contributed by atoms with Crippen molar-refractivity contribution in [1.29, 1.82) is 0 Å². The fraction of sp³-hybridized carbons (Fsp3) is 0.308. The minimum atomic E-state index is 0.293. The van der Waals surface area contributed by atoms with Gasteiger partial charge in [0.2, 0.25) is 0 Å². The zero-order valence-corrected chi connectivity index (χ0v) is 10.1. The van der Waals surface area contributed by atoms with E-state index in [9.17, 15) is 4.79 Å². The molecule has 0 heterocycles. The normalized spacial score (nSPS) is 14.9. The molecule has 0 aromatic heterocycles. The van der Waals surface area contributed by atoms with Crippen LogP contribution in [0.4, 0.5) is 0 Å². The van der Waals surface area contributed by atoms with Crippen molar-refractivity contribution < 1.29 is 4.79 Å². The third-order valence-electron chi connectivity index (χ3n) is 2.64. The Kier molecular flexibility index (Phi) is 3.37. The molecule has 0 atom stereocenters. The van der Waals surface area contributed by atoms with Crippen molar-refractivity contribution in [2.45, 2.75) is 19.3 Å². The lowest BCUT2D eigenvalue weighted by molar-refractivity contribution is 0.0994. The second-order valence-corrected chi connectivity index (χ2v) is 4.51. The van der Waals surface area contributed by atoms with Crippen LogP contribution in [-0.4, -0.2) is 11.1 Å². The zero-order valence-electron chi connectivity index (χ0n) is 8.50. The molecule has 2 heteroatoms. The number of halogens is 1. The van der Waals surface area contributed by atoms with Gasteiger partial charge in [0.1, 0.15) is 0 Å². The molecule has 0 saturated carbocycles. The summed E-state index contributed by atoms with van der Waals surface area (Å²) in [5.41, 5.74) is 3.33. The van der Waals surface area contributed by atoms with E-state index in [1.54, 1.807) is 0 Å². The number of benzene rings is 1. The van der Waals surface area contributed by atoms with Gasteiger partial charge in [-0.05, 0) is 24.0 Å². The Bertz CT molecular complexity index is 407. The van der Waals surface area contributed by atoms with Gasteiger partial charge in [0.05, 0.1) is 0 Å². The van der Waals surface area contributed by atoms with E-state index in [2.05, 4.69) is 34.1 Å². The van der Waals surface area contributed by atoms with Crippen molar-refractivity contribution in [3.63, 3.8) is 0 Å². The molecule has 0 saturated heterocycles. The van der Waals surface area contributed by atoms with Crippen LogP contribution < -0.4 is 0 Å². The molecule has 0 spiro atoms. The Hall–Kier alpha value is -0.890. The lowest BCUT2D eigenvalue weighted by Gasteiger charge is -1.99. The van der Waals surface area contributed by atoms with Crippen molar-refractivity contribution in [3.05, 3.63) is 41.0 Å². The van der Waals surface area contributed by atoms with Gasteiger partial charge >= 0.3 is 0 Å². The first-order valence-corrected chi connectivity index (χ1v) is 6.32. The van der Waals surface area contributed by atoms with Gasteiger partial charge in [-0.2, -0.15) is 0 Å². The maximum absolute atomic E-state index is 11.4. The van der Waals surface area contributed by atoms with Crippen LogP contribution >= 0.6 is 15.9 Å². The highest BCUT2D eigenvalue weighted by atomic mass is 79.9. The lowest BCUT2D eigenvalue weighted by atomic mass is 10.1. The van der Waals surface area contributed by atoms with E-state index < -0.39 is 0 Å². The molecule has 15 heavy (non-hydrogen) atoms. The second-order valence-electron chi connectivity index (χ2n) is 3.72. The van der Waals surface area contributed by atoms with Gasteiger partial charge in [-0.25, -0.2) is 0 Å². The van der Waals surface area contributed by atoms with E-state index in [0.717, 1.165) is 23.7 Å². The molecule has 0 radical (unpaired) electrons. The van der Waals surface area contributed by atoms with E-state index in [1.165, 1.54) is 11.1 Å². The summed E-state index contributed by atoms with van der Waals surface area (Å²) in [5.74, 6) is 0.293. The van der Waals surface area contributed by atoms with Gasteiger partial charge in [-0.1, -0.05) is 46.3 Å². The number of allylic oxidation sites excluding steroid dienone is 1. The van der Waals surface area contributed by atoms with Gasteiger partial charge in [0, 0.05) is 17.3 Å². The maximum Gasteiger partial charge on any atom is 0.163 e. The average molecular weight is 265 g/mol. The van der Waals surface area contributed by atoms with Crippen LogP contribution in [-0.2, 0) is 6.42 Å². The summed E-state index contributed by atoms with van der Waals surface area (Å²) in [6.07, 6.45) is 6.89. The number of Topliss-reactive ketones (excluding diaryl/α,β-unsaturated/α-hetero) is 1. The Morgan fingerprint density at radius 2 is 2.20 bits per heavy atom. The topological polar surface area (TPSA) is 17.1 Å². The van der Waals surface area contributed by atoms with E-state index in [4.69, 9.17) is 0 Å². The molecule has 0 aliphatic heterocycles. The average Bonchev–Trinajstić information content (AvgIpc) is 2.61. The molecule has 1 aliphatic carbocycles. The smallest absolute Gasteiger partial charge is 0.163 e. The summed E-state index contributed by atoms with van der Waals surface area (Å²) >= 11 is 3.38. The first-order valence-electron chi connectivity index (χ1n) is 5.20. The highest BCUT2D eigenvalue weighted by Gasteiger charge is 2.18. The van der Waals surface area contributed by atoms with Crippen molar-refractivity contribution >= 4 is 27.8 Å². The van der Waals surface area contributed by atoms with Gasteiger partial charge in [-0.15, -0.1) is 0 Å². The van der Waals surface area contributed by atoms with Crippen LogP contribution in [0.3, 0.4) is 0 Å². The van der Waals surface area contributed by atoms with E-state index >= 15 is 0 Å². The van der Waals surface area contributed by atoms with Crippen molar-refractivity contribution in [3.8, 4) is 0 Å². The van der Waals surface area contributed by atoms with E-state index in [1.807, 2.05) is 12.1 Å². The number of alkyl halides is 1. The third kappa shape index (κ3) is 2.37. The molecule has 1 aromatic rings. The minimum absolute atomic E-state index is 0.293. The number of carbonyl (C=O) groups is 1. The number of hydrogen-bond acceptors (Lipinski definition) is 1. The molecule has 2 rings (SSSR count). The molecular weight excluding hydrogens is 252 g/mol. The summed E-state index contributed by atoms with van der Waals surface area (Å²) < 4.78 is 0. The van der Waals surface area contributed by atoms with Crippen LogP contribution in [0, 0.1) is 0 Å². The van der Waals surface area contributed by atoms with Gasteiger partial charge in [0.15, 0.2) is 5.78 Å². The largest absolute Gasteiger partial charge is 0.294 e. The van der Waals surface area contributed by atoms with Crippen LogP contribution in [0.1, 0.15) is 34.3 Å². The maximum atomic E-state index is 11.4. The van der Waals surface area contributed by atoms with Gasteiger partial charge < -0.3 is 0 Å². The first kappa shape index (κ1) is 10.6. The van der Waals surface area contributed by atoms with E-state index in [0.29, 0.717) is 12.2 Å². The van der Waals surface area contributed by atoms with Crippen molar-refractivity contribution in [2.24, 2.45) is 0 Å². The predicted octanol–water partition coefficient (Wildman–Crippen LogP) is 3.61. The third-order valence-corrected chi connectivity index (χ3v) is 3.10. The number of hydrogen-bond donors (Lipinski definition) is 0. The molecule has 0 amide bonds. The van der Waals surface area contributed by atoms with Gasteiger partial charge in [-0.3, -0.25) is 4.79 Å². The molecule has 1 nitrogen and oxygen atoms in total. The summed E-state index contributed by atoms with van der Waals surface area (Å²) in [4.78, 5) is 11.4. The van der Waals surface area contributed by atoms with Crippen LogP contribution in [0.15, 0.2) is 24.3 Å². The van der Waals surface area contributed by atoms with Crippen molar-refractivity contribution in [1.82, 2.24) is 0 Å². The van der Waals surface area contributed by atoms with Gasteiger partial charge in [0.25, 0.3) is 0 Å². The molecule has 0 bridgehead atoms. The Balaban J connectivity index is 2.19. The van der Waals surface area contributed by atoms with Crippen molar-refractivity contribution in [2.75, 3.05) is 5.33 Å². The molecule has 1 aliphatic rings. The fourth-order valence-corrected chi connectivity index (χ4v) is 2.13. The highest BCUT2D eigenvalue weighted by Crippen LogP contribution is 2.23. The van der Waals surface area contributed by atoms with E-state index in [-0.39, 0.29) is 0 Å². The number of aryl methyl sites for hydroxylation is 1. The quantitative estimate of drug-likeness (QED) is 0.763. The van der Waals surface area contributed by atoms with Crippen LogP contribution in [0.2, 0.25) is 0 Å². The molecule has 1 aromatic carbocycles. The number of rotatable bonds is 3. The zero-order chi connectivity index (χ0) is 10.7. The second kappa shape index (κ2) is 4.75. The standard InChI is InChI=1S/C13H13BrO/c14-8-2-1-3-10-4-6-12-11(9-10)5-7-13(12)15/h1,3-4,6,9H,2,5,7-8H2. The van der Waals surface area contributed by atoms with Crippen LogP contribution in [0.25, 0.3) is 6.08 Å². The first-order chi connectivity index (χ1) is 7.31. The highest BCUT2D eigenvalue weighted by molar-refractivity contribution is 9.09. The summed E-state index contributed by atoms with van der Waals surface area (Å²) in [7, 11) is 0. The Morgan fingerprint density at radius 1 is 1.33 bits per heavy atom. The monoisotopic (exact) mass is 264 g/mol. The minimum Gasteiger partial charge on any atom is -0.294 e. The SMILES string of the molecule is O=C1CCc2cc(C=CCCBr)ccc21. The summed E-state index contributed by atoms with van der Waals surface area (Å²) in [6, 6.07) is 6.11. The molecule has 0 fully saturated rings. The predicted molar refractivity (Wildman–Crippen MR) is 66.5 cm³/mol. The molecule has 0 N–H and O–H groups in total. The molecular formula is C13H13BrO. The Labute approximate surface area is 98.3 Å². The molecule has 78 valence electrons. The molecule has 0 unspecified atom stereocenters.